The molecular weight excluding hydrogens is 424 g/mol. The van der Waals surface area contributed by atoms with Crippen LogP contribution in [0, 0.1) is 5.92 Å². The number of aromatic nitrogens is 1. The summed E-state index contributed by atoms with van der Waals surface area (Å²) in [5.74, 6) is -2.54. The lowest BCUT2D eigenvalue weighted by atomic mass is 10.2. The fourth-order valence-corrected chi connectivity index (χ4v) is 3.14. The second-order valence-corrected chi connectivity index (χ2v) is 7.66. The van der Waals surface area contributed by atoms with Gasteiger partial charge in [-0.15, -0.1) is 0 Å². The van der Waals surface area contributed by atoms with Crippen LogP contribution in [0.15, 0.2) is 12.3 Å². The molecule has 3 atom stereocenters. The summed E-state index contributed by atoms with van der Waals surface area (Å²) in [4.78, 5) is 52.8. The minimum atomic E-state index is -1.15. The summed E-state index contributed by atoms with van der Waals surface area (Å²) in [5.41, 5.74) is -0.239. The molecule has 1 aliphatic heterocycles. The number of pyridine rings is 1. The molecule has 2 fully saturated rings. The van der Waals surface area contributed by atoms with Gasteiger partial charge in [0.05, 0.1) is 26.2 Å². The van der Waals surface area contributed by atoms with E-state index in [0.29, 0.717) is 0 Å². The molecule has 32 heavy (non-hydrogen) atoms. The number of carbonyl (C=O) groups is 4. The van der Waals surface area contributed by atoms with Crippen LogP contribution in [0.25, 0.3) is 0 Å². The maximum atomic E-state index is 12.8. The Balaban J connectivity index is 1.70. The number of rotatable bonds is 6. The molecule has 174 valence electrons. The van der Waals surface area contributed by atoms with Gasteiger partial charge in [-0.2, -0.15) is 0 Å². The van der Waals surface area contributed by atoms with Crippen molar-refractivity contribution in [2.24, 2.45) is 5.92 Å². The zero-order chi connectivity index (χ0) is 23.3. The first-order valence-corrected chi connectivity index (χ1v) is 10.3. The van der Waals surface area contributed by atoms with Gasteiger partial charge in [-0.05, 0) is 19.8 Å². The highest BCUT2D eigenvalue weighted by Gasteiger charge is 2.35. The standard InChI is InChI=1S/C21H26N2O9/c1-11-8-14(32-20(26)13-4-5-13)9-29-10-15(21(27)30-11)23-19(25)17-18(31-12(2)24)16(28-3)6-7-22-17/h6-7,11,13-15H,4-5,8-10H2,1-3H3,(H,23,25)/t11-,14?,15-/m0/s1. The van der Waals surface area contributed by atoms with Crippen LogP contribution >= 0.6 is 0 Å². The zero-order valence-electron chi connectivity index (χ0n) is 18.1. The fraction of sp³-hybridized carbons (Fsp3) is 0.571. The van der Waals surface area contributed by atoms with E-state index in [-0.39, 0.29) is 48.7 Å². The van der Waals surface area contributed by atoms with Crippen molar-refractivity contribution in [2.45, 2.75) is 51.4 Å². The minimum absolute atomic E-state index is 0.0575. The van der Waals surface area contributed by atoms with E-state index in [1.807, 2.05) is 0 Å². The first kappa shape index (κ1) is 23.5. The number of methoxy groups -OCH3 is 1. The Bertz CT molecular complexity index is 884. The molecule has 1 saturated heterocycles. The van der Waals surface area contributed by atoms with Gasteiger partial charge >= 0.3 is 17.9 Å². The Kier molecular flexibility index (Phi) is 7.62. The molecule has 1 saturated carbocycles. The molecule has 1 aromatic rings. The highest BCUT2D eigenvalue weighted by molar-refractivity contribution is 5.98. The summed E-state index contributed by atoms with van der Waals surface area (Å²) < 4.78 is 26.6. The van der Waals surface area contributed by atoms with Crippen molar-refractivity contribution < 1.29 is 42.9 Å². The van der Waals surface area contributed by atoms with Gasteiger partial charge in [0, 0.05) is 25.6 Å². The van der Waals surface area contributed by atoms with Crippen molar-refractivity contribution >= 4 is 23.8 Å². The topological polar surface area (TPSA) is 139 Å². The van der Waals surface area contributed by atoms with E-state index in [4.69, 9.17) is 23.7 Å². The first-order valence-electron chi connectivity index (χ1n) is 10.3. The molecular formula is C21H26N2O9. The van der Waals surface area contributed by atoms with E-state index in [1.165, 1.54) is 26.3 Å². The Labute approximate surface area is 184 Å². The number of hydrogen-bond donors (Lipinski definition) is 1. The second-order valence-electron chi connectivity index (χ2n) is 7.66. The third-order valence-corrected chi connectivity index (χ3v) is 4.83. The van der Waals surface area contributed by atoms with Gasteiger partial charge in [-0.1, -0.05) is 0 Å². The van der Waals surface area contributed by atoms with Crippen LogP contribution in [-0.4, -0.2) is 67.4 Å². The Morgan fingerprint density at radius 3 is 2.62 bits per heavy atom. The largest absolute Gasteiger partial charge is 0.493 e. The Morgan fingerprint density at radius 2 is 1.97 bits per heavy atom. The summed E-state index contributed by atoms with van der Waals surface area (Å²) in [6.07, 6.45) is 2.10. The quantitative estimate of drug-likeness (QED) is 0.619. The average molecular weight is 450 g/mol. The molecule has 1 aliphatic carbocycles. The third-order valence-electron chi connectivity index (χ3n) is 4.83. The lowest BCUT2D eigenvalue weighted by Crippen LogP contribution is -2.45. The van der Waals surface area contributed by atoms with Gasteiger partial charge in [0.25, 0.3) is 5.91 Å². The summed E-state index contributed by atoms with van der Waals surface area (Å²) in [5, 5.41) is 2.49. The van der Waals surface area contributed by atoms with Crippen molar-refractivity contribution in [1.29, 1.82) is 0 Å². The van der Waals surface area contributed by atoms with Gasteiger partial charge in [0.15, 0.2) is 17.5 Å². The summed E-state index contributed by atoms with van der Waals surface area (Å²) in [7, 11) is 1.35. The predicted molar refractivity (Wildman–Crippen MR) is 107 cm³/mol. The molecule has 1 unspecified atom stereocenters. The van der Waals surface area contributed by atoms with Crippen LogP contribution in [0.5, 0.6) is 11.5 Å². The Hall–Kier alpha value is -3.21. The molecule has 3 rings (SSSR count). The van der Waals surface area contributed by atoms with Crippen LogP contribution in [0.4, 0.5) is 0 Å². The molecule has 1 N–H and O–H groups in total. The van der Waals surface area contributed by atoms with Crippen molar-refractivity contribution in [3.8, 4) is 11.5 Å². The summed E-state index contributed by atoms with van der Waals surface area (Å²) >= 11 is 0. The molecule has 1 aromatic heterocycles. The molecule has 0 bridgehead atoms. The number of amides is 1. The smallest absolute Gasteiger partial charge is 0.331 e. The molecule has 1 amide bonds. The number of hydrogen-bond acceptors (Lipinski definition) is 10. The molecule has 0 aromatic carbocycles. The van der Waals surface area contributed by atoms with Crippen LogP contribution in [0.2, 0.25) is 0 Å². The minimum Gasteiger partial charge on any atom is -0.493 e. The number of carbonyl (C=O) groups excluding carboxylic acids is 4. The van der Waals surface area contributed by atoms with Crippen molar-refractivity contribution in [1.82, 2.24) is 10.3 Å². The van der Waals surface area contributed by atoms with E-state index >= 15 is 0 Å². The number of nitrogens with one attached hydrogen (secondary N) is 1. The van der Waals surface area contributed by atoms with Gasteiger partial charge in [0.2, 0.25) is 5.75 Å². The van der Waals surface area contributed by atoms with Gasteiger partial charge in [0.1, 0.15) is 12.2 Å². The van der Waals surface area contributed by atoms with E-state index in [2.05, 4.69) is 10.3 Å². The summed E-state index contributed by atoms with van der Waals surface area (Å²) in [6.45, 7) is 2.69. The lowest BCUT2D eigenvalue weighted by molar-refractivity contribution is -0.156. The van der Waals surface area contributed by atoms with Gasteiger partial charge < -0.3 is 29.0 Å². The average Bonchev–Trinajstić information content (AvgIpc) is 3.57. The highest BCUT2D eigenvalue weighted by atomic mass is 16.6. The van der Waals surface area contributed by atoms with Gasteiger partial charge in [-0.25, -0.2) is 9.78 Å². The number of cyclic esters (lactones) is 1. The monoisotopic (exact) mass is 450 g/mol. The second kappa shape index (κ2) is 10.4. The molecule has 2 aliphatic rings. The molecule has 11 nitrogen and oxygen atoms in total. The third kappa shape index (κ3) is 6.16. The lowest BCUT2D eigenvalue weighted by Gasteiger charge is -2.20. The van der Waals surface area contributed by atoms with Crippen molar-refractivity contribution in [2.75, 3.05) is 20.3 Å². The number of ether oxygens (including phenoxy) is 5. The molecule has 11 heteroatoms. The molecule has 2 heterocycles. The SMILES string of the molecule is COc1ccnc(C(=O)N[C@H]2COCC(OC(=O)C3CC3)C[C@H](C)OC2=O)c1OC(C)=O. The van der Waals surface area contributed by atoms with Crippen LogP contribution in [0.1, 0.15) is 43.6 Å². The molecule has 0 spiro atoms. The van der Waals surface area contributed by atoms with Crippen molar-refractivity contribution in [3.05, 3.63) is 18.0 Å². The molecule has 0 radical (unpaired) electrons. The van der Waals surface area contributed by atoms with E-state index in [0.717, 1.165) is 12.8 Å². The maximum Gasteiger partial charge on any atom is 0.331 e. The normalized spacial score (nSPS) is 23.6. The Morgan fingerprint density at radius 1 is 1.22 bits per heavy atom. The highest BCUT2D eigenvalue weighted by Crippen LogP contribution is 2.31. The fourth-order valence-electron chi connectivity index (χ4n) is 3.14. The van der Waals surface area contributed by atoms with E-state index in [9.17, 15) is 19.2 Å². The van der Waals surface area contributed by atoms with Crippen LogP contribution in [-0.2, 0) is 28.6 Å². The van der Waals surface area contributed by atoms with Crippen LogP contribution < -0.4 is 14.8 Å². The van der Waals surface area contributed by atoms with E-state index < -0.39 is 36.1 Å². The van der Waals surface area contributed by atoms with Crippen LogP contribution in [0.3, 0.4) is 0 Å². The first-order chi connectivity index (χ1) is 15.3. The van der Waals surface area contributed by atoms with Crippen molar-refractivity contribution in [3.63, 3.8) is 0 Å². The zero-order valence-corrected chi connectivity index (χ0v) is 18.1. The number of nitrogens with zero attached hydrogens (tertiary/aromatic N) is 1. The predicted octanol–water partition coefficient (Wildman–Crippen LogP) is 0.788. The van der Waals surface area contributed by atoms with Gasteiger partial charge in [-0.3, -0.25) is 14.4 Å². The summed E-state index contributed by atoms with van der Waals surface area (Å²) in [6, 6.07) is 0.276. The maximum absolute atomic E-state index is 12.8. The number of esters is 3. The van der Waals surface area contributed by atoms with E-state index in [1.54, 1.807) is 6.92 Å².